The molecule has 1 saturated heterocycles. The van der Waals surface area contributed by atoms with Gasteiger partial charge in [0.05, 0.1) is 18.1 Å². The molecule has 0 bridgehead atoms. The summed E-state index contributed by atoms with van der Waals surface area (Å²) in [5.41, 5.74) is 1.75. The van der Waals surface area contributed by atoms with E-state index in [9.17, 15) is 38.2 Å². The lowest BCUT2D eigenvalue weighted by molar-refractivity contribution is -0.143. The largest absolute Gasteiger partial charge is 0.484 e. The van der Waals surface area contributed by atoms with Crippen molar-refractivity contribution in [1.29, 1.82) is 0 Å². The minimum atomic E-state index is -1.37. The van der Waals surface area contributed by atoms with E-state index in [4.69, 9.17) is 9.84 Å². The van der Waals surface area contributed by atoms with E-state index < -0.39 is 66.6 Å². The Morgan fingerprint density at radius 3 is 2.07 bits per heavy atom. The molecule has 4 N–H and O–H groups in total. The fraction of sp³-hybridized carbons (Fsp3) is 0.290. The van der Waals surface area contributed by atoms with Gasteiger partial charge in [0.25, 0.3) is 5.91 Å². The maximum atomic E-state index is 13.6. The summed E-state index contributed by atoms with van der Waals surface area (Å²) in [5, 5.41) is 30.8. The first-order chi connectivity index (χ1) is 20.5. The number of halogens is 2. The van der Waals surface area contributed by atoms with Crippen molar-refractivity contribution < 1.29 is 48.0 Å². The van der Waals surface area contributed by atoms with Gasteiger partial charge in [-0.05, 0) is 78.9 Å². The minimum absolute atomic E-state index is 0.198. The van der Waals surface area contributed by atoms with Gasteiger partial charge in [-0.2, -0.15) is 0 Å². The van der Waals surface area contributed by atoms with Crippen molar-refractivity contribution in [2.24, 2.45) is 5.92 Å². The van der Waals surface area contributed by atoms with Gasteiger partial charge in [0, 0.05) is 12.1 Å². The van der Waals surface area contributed by atoms with Crippen molar-refractivity contribution in [3.05, 3.63) is 95.6 Å². The second-order valence-corrected chi connectivity index (χ2v) is 10.1. The number of carboxylic acid groups (broad SMARTS) is 2. The first-order valence-electron chi connectivity index (χ1n) is 13.5. The number of β-lactam (4-membered cyclic amide) rings is 1. The van der Waals surface area contributed by atoms with Gasteiger partial charge in [-0.1, -0.05) is 24.3 Å². The van der Waals surface area contributed by atoms with Crippen molar-refractivity contribution in [2.75, 3.05) is 11.5 Å². The van der Waals surface area contributed by atoms with E-state index in [2.05, 4.69) is 5.32 Å². The third-order valence-corrected chi connectivity index (χ3v) is 7.20. The molecule has 1 fully saturated rings. The summed E-state index contributed by atoms with van der Waals surface area (Å²) in [5.74, 6) is -4.57. The smallest absolute Gasteiger partial charge is 0.326 e. The van der Waals surface area contributed by atoms with Crippen LogP contribution < -0.4 is 15.0 Å². The number of amides is 2. The molecule has 4 atom stereocenters. The van der Waals surface area contributed by atoms with Crippen LogP contribution in [-0.4, -0.2) is 51.7 Å². The van der Waals surface area contributed by atoms with Crippen LogP contribution in [0.15, 0.2) is 72.8 Å². The molecule has 43 heavy (non-hydrogen) atoms. The summed E-state index contributed by atoms with van der Waals surface area (Å²) < 4.78 is 32.3. The van der Waals surface area contributed by atoms with Gasteiger partial charge >= 0.3 is 11.9 Å². The Labute approximate surface area is 245 Å². The molecule has 0 aliphatic carbocycles. The normalized spacial score (nSPS) is 17.5. The van der Waals surface area contributed by atoms with Crippen molar-refractivity contribution >= 4 is 29.4 Å². The van der Waals surface area contributed by atoms with Gasteiger partial charge < -0.3 is 30.3 Å². The number of hydrogen-bond acceptors (Lipinski definition) is 6. The molecule has 2 amide bonds. The van der Waals surface area contributed by atoms with Crippen molar-refractivity contribution in [2.45, 2.75) is 43.9 Å². The first-order valence-corrected chi connectivity index (χ1v) is 13.5. The van der Waals surface area contributed by atoms with Crippen molar-refractivity contribution in [1.82, 2.24) is 5.32 Å². The number of hydrogen-bond donors (Lipinski definition) is 4. The van der Waals surface area contributed by atoms with Crippen molar-refractivity contribution in [3.63, 3.8) is 0 Å². The van der Waals surface area contributed by atoms with Gasteiger partial charge in [-0.3, -0.25) is 14.4 Å². The van der Waals surface area contributed by atoms with Gasteiger partial charge in [0.15, 0.2) is 6.61 Å². The molecule has 1 aliphatic rings. The molecule has 0 saturated carbocycles. The summed E-state index contributed by atoms with van der Waals surface area (Å²) in [7, 11) is 0. The number of aliphatic hydroxyl groups is 1. The van der Waals surface area contributed by atoms with Crippen LogP contribution in [0.5, 0.6) is 5.75 Å². The molecule has 1 aliphatic heterocycles. The van der Waals surface area contributed by atoms with E-state index in [1.54, 1.807) is 29.2 Å². The number of benzene rings is 3. The predicted molar refractivity (Wildman–Crippen MR) is 149 cm³/mol. The predicted octanol–water partition coefficient (Wildman–Crippen LogP) is 4.00. The average molecular weight is 597 g/mol. The second-order valence-electron chi connectivity index (χ2n) is 10.1. The molecule has 0 radical (unpaired) electrons. The van der Waals surface area contributed by atoms with Crippen LogP contribution in [0.4, 0.5) is 14.5 Å². The number of carbonyl (C=O) groups excluding carboxylic acids is 2. The highest BCUT2D eigenvalue weighted by Crippen LogP contribution is 2.46. The lowest BCUT2D eigenvalue weighted by Crippen LogP contribution is -2.55. The topological polar surface area (TPSA) is 153 Å². The van der Waals surface area contributed by atoms with Gasteiger partial charge in [0.1, 0.15) is 23.4 Å². The summed E-state index contributed by atoms with van der Waals surface area (Å²) in [6.07, 6.45) is -1.04. The molecule has 4 rings (SSSR count). The van der Waals surface area contributed by atoms with Crippen LogP contribution in [0.3, 0.4) is 0 Å². The Hall–Kier alpha value is -4.84. The number of ether oxygens (including phenoxy) is 1. The molecule has 3 aromatic rings. The third kappa shape index (κ3) is 7.92. The lowest BCUT2D eigenvalue weighted by Gasteiger charge is -2.48. The number of carbonyl (C=O) groups is 4. The van der Waals surface area contributed by atoms with E-state index in [0.29, 0.717) is 23.4 Å². The summed E-state index contributed by atoms with van der Waals surface area (Å²) in [6, 6.07) is 15.7. The second kappa shape index (κ2) is 13.9. The Balaban J connectivity index is 1.43. The van der Waals surface area contributed by atoms with E-state index in [1.165, 1.54) is 48.5 Å². The standard InChI is InChI=1S/C31H30F2N2O8/c32-20-5-1-18(2-6-20)26(36)15-13-24-29(35(30(24)40)22-9-7-21(33)8-10-22)19-3-11-23(12-4-19)43-17-27(37)34-25(31(41)42)14-16-28(38)39/h1-12,24-26,29,36H,13-17H2,(H,34,37)(H,38,39)(H,41,42). The minimum Gasteiger partial charge on any atom is -0.484 e. The Bertz CT molecular complexity index is 1450. The van der Waals surface area contributed by atoms with E-state index >= 15 is 0 Å². The summed E-state index contributed by atoms with van der Waals surface area (Å²) in [6.45, 7) is -0.510. The molecule has 1 heterocycles. The third-order valence-electron chi connectivity index (χ3n) is 7.20. The Kier molecular flexibility index (Phi) is 10.0. The molecule has 0 aromatic heterocycles. The zero-order valence-corrected chi connectivity index (χ0v) is 22.9. The van der Waals surface area contributed by atoms with Crippen LogP contribution in [-0.2, 0) is 19.2 Å². The highest BCUT2D eigenvalue weighted by atomic mass is 19.1. The fourth-order valence-electron chi connectivity index (χ4n) is 4.96. The lowest BCUT2D eigenvalue weighted by atomic mass is 9.78. The monoisotopic (exact) mass is 596 g/mol. The van der Waals surface area contributed by atoms with Crippen molar-refractivity contribution in [3.8, 4) is 5.75 Å². The number of nitrogens with one attached hydrogen (secondary N) is 1. The summed E-state index contributed by atoms with van der Waals surface area (Å²) in [4.78, 5) is 49.0. The highest BCUT2D eigenvalue weighted by Gasteiger charge is 2.48. The number of rotatable bonds is 14. The number of nitrogens with zero attached hydrogens (tertiary/aromatic N) is 1. The van der Waals surface area contributed by atoms with Gasteiger partial charge in [-0.15, -0.1) is 0 Å². The van der Waals surface area contributed by atoms with Crippen LogP contribution >= 0.6 is 0 Å². The zero-order valence-electron chi connectivity index (χ0n) is 22.9. The molecule has 4 unspecified atom stereocenters. The Morgan fingerprint density at radius 1 is 0.884 bits per heavy atom. The van der Waals surface area contributed by atoms with Gasteiger partial charge in [-0.25, -0.2) is 13.6 Å². The molecule has 226 valence electrons. The average Bonchev–Trinajstić information content (AvgIpc) is 2.98. The number of aliphatic carboxylic acids is 2. The number of carboxylic acids is 2. The van der Waals surface area contributed by atoms with Crippen LogP contribution in [0.25, 0.3) is 0 Å². The van der Waals surface area contributed by atoms with Gasteiger partial charge in [0.2, 0.25) is 5.91 Å². The first kappa shape index (κ1) is 31.1. The van der Waals surface area contributed by atoms with E-state index in [0.717, 1.165) is 5.56 Å². The zero-order chi connectivity index (χ0) is 31.1. The number of aliphatic hydroxyl groups excluding tert-OH is 1. The summed E-state index contributed by atoms with van der Waals surface area (Å²) >= 11 is 0. The highest BCUT2D eigenvalue weighted by molar-refractivity contribution is 6.03. The van der Waals surface area contributed by atoms with E-state index in [1.807, 2.05) is 0 Å². The van der Waals surface area contributed by atoms with E-state index in [-0.39, 0.29) is 18.7 Å². The molecule has 0 spiro atoms. The quantitative estimate of drug-likeness (QED) is 0.204. The Morgan fingerprint density at radius 2 is 1.49 bits per heavy atom. The maximum absolute atomic E-state index is 13.6. The number of anilines is 1. The van der Waals surface area contributed by atoms with Crippen LogP contribution in [0.1, 0.15) is 49.0 Å². The molecule has 3 aromatic carbocycles. The maximum Gasteiger partial charge on any atom is 0.326 e. The van der Waals surface area contributed by atoms with Crippen LogP contribution in [0, 0.1) is 17.6 Å². The molecular formula is C31H30F2N2O8. The van der Waals surface area contributed by atoms with Crippen LogP contribution in [0.2, 0.25) is 0 Å². The SMILES string of the molecule is O=C(O)CCC(NC(=O)COc1ccc(C2C(CCC(O)c3ccc(F)cc3)C(=O)N2c2ccc(F)cc2)cc1)C(=O)O. The molecule has 10 nitrogen and oxygen atoms in total. The molecular weight excluding hydrogens is 566 g/mol. The molecule has 12 heteroatoms. The fourth-order valence-corrected chi connectivity index (χ4v) is 4.96.